The van der Waals surface area contributed by atoms with Gasteiger partial charge in [0.2, 0.25) is 0 Å². The van der Waals surface area contributed by atoms with Gasteiger partial charge in [-0.3, -0.25) is 0 Å². The zero-order valence-electron chi connectivity index (χ0n) is 11.3. The van der Waals surface area contributed by atoms with E-state index < -0.39 is 5.97 Å². The third-order valence-corrected chi connectivity index (χ3v) is 3.65. The summed E-state index contributed by atoms with van der Waals surface area (Å²) in [5.74, 6) is -1.19. The van der Waals surface area contributed by atoms with Gasteiger partial charge in [-0.05, 0) is 24.5 Å². The Morgan fingerprint density at radius 3 is 2.45 bits per heavy atom. The van der Waals surface area contributed by atoms with E-state index in [1.807, 2.05) is 24.3 Å². The molecule has 5 heteroatoms. The summed E-state index contributed by atoms with van der Waals surface area (Å²) < 4.78 is 0. The molecule has 0 aliphatic heterocycles. The lowest BCUT2D eigenvalue weighted by molar-refractivity contribution is 0.0691. The van der Waals surface area contributed by atoms with Crippen LogP contribution in [-0.4, -0.2) is 16.1 Å². The fourth-order valence-corrected chi connectivity index (χ4v) is 2.25. The Morgan fingerprint density at radius 1 is 1.35 bits per heavy atom. The van der Waals surface area contributed by atoms with Gasteiger partial charge in [-0.1, -0.05) is 42.8 Å². The molecule has 1 aromatic carbocycles. The van der Waals surface area contributed by atoms with E-state index in [0.29, 0.717) is 11.3 Å². The molecule has 0 bridgehead atoms. The summed E-state index contributed by atoms with van der Waals surface area (Å²) in [7, 11) is 0. The van der Waals surface area contributed by atoms with Crippen LogP contribution in [0.2, 0.25) is 5.02 Å². The van der Waals surface area contributed by atoms with Crippen LogP contribution in [0.15, 0.2) is 24.3 Å². The summed E-state index contributed by atoms with van der Waals surface area (Å²) in [6.07, 6.45) is 0.940. The predicted molar refractivity (Wildman–Crippen MR) is 80.2 cm³/mol. The van der Waals surface area contributed by atoms with Crippen molar-refractivity contribution in [1.82, 2.24) is 4.98 Å². The van der Waals surface area contributed by atoms with Crippen LogP contribution in [-0.2, 0) is 6.42 Å². The number of hydrogen-bond donors (Lipinski definition) is 2. The summed E-state index contributed by atoms with van der Waals surface area (Å²) >= 11 is 5.93. The van der Waals surface area contributed by atoms with Gasteiger partial charge in [0.05, 0.1) is 16.4 Å². The van der Waals surface area contributed by atoms with Crippen LogP contribution in [0, 0.1) is 6.92 Å². The summed E-state index contributed by atoms with van der Waals surface area (Å²) in [4.78, 5) is 15.3. The zero-order valence-corrected chi connectivity index (χ0v) is 12.0. The number of nitrogens with two attached hydrogens (primary N) is 1. The highest BCUT2D eigenvalue weighted by Crippen LogP contribution is 2.32. The summed E-state index contributed by atoms with van der Waals surface area (Å²) in [5, 5.41) is 9.12. The van der Waals surface area contributed by atoms with Crippen molar-refractivity contribution in [2.75, 3.05) is 5.73 Å². The molecular formula is C15H15ClN2O2. The number of aromatic nitrogens is 1. The van der Waals surface area contributed by atoms with Crippen LogP contribution in [0.4, 0.5) is 5.69 Å². The van der Waals surface area contributed by atoms with Gasteiger partial charge in [-0.2, -0.15) is 0 Å². The normalized spacial score (nSPS) is 10.6. The Labute approximate surface area is 122 Å². The van der Waals surface area contributed by atoms with Crippen LogP contribution in [0.3, 0.4) is 0 Å². The molecule has 0 spiro atoms. The summed E-state index contributed by atoms with van der Waals surface area (Å²) in [6, 6.07) is 7.80. The van der Waals surface area contributed by atoms with Gasteiger partial charge in [0.15, 0.2) is 5.69 Å². The third kappa shape index (κ3) is 2.47. The molecule has 2 aromatic rings. The molecule has 20 heavy (non-hydrogen) atoms. The lowest BCUT2D eigenvalue weighted by Gasteiger charge is -2.12. The first kappa shape index (κ1) is 14.3. The molecule has 0 amide bonds. The van der Waals surface area contributed by atoms with Crippen molar-refractivity contribution in [3.63, 3.8) is 0 Å². The SMILES string of the molecule is CCc1ccc(-c2nc(C(=O)O)c(Cl)c(N)c2C)cc1. The molecule has 0 fully saturated rings. The Bertz CT molecular complexity index is 667. The molecule has 0 aliphatic carbocycles. The van der Waals surface area contributed by atoms with E-state index in [1.54, 1.807) is 6.92 Å². The molecule has 4 nitrogen and oxygen atoms in total. The van der Waals surface area contributed by atoms with Gasteiger partial charge in [-0.15, -0.1) is 0 Å². The van der Waals surface area contributed by atoms with Crippen molar-refractivity contribution >= 4 is 23.3 Å². The molecule has 0 saturated heterocycles. The molecular weight excluding hydrogens is 276 g/mol. The van der Waals surface area contributed by atoms with Crippen molar-refractivity contribution in [1.29, 1.82) is 0 Å². The number of nitrogens with zero attached hydrogens (tertiary/aromatic N) is 1. The van der Waals surface area contributed by atoms with Gasteiger partial charge in [-0.25, -0.2) is 9.78 Å². The van der Waals surface area contributed by atoms with E-state index in [-0.39, 0.29) is 16.4 Å². The number of hydrogen-bond acceptors (Lipinski definition) is 3. The molecule has 0 aliphatic rings. The Kier molecular flexibility index (Phi) is 3.95. The van der Waals surface area contributed by atoms with Crippen molar-refractivity contribution in [3.8, 4) is 11.3 Å². The van der Waals surface area contributed by atoms with Crippen LogP contribution >= 0.6 is 11.6 Å². The quantitative estimate of drug-likeness (QED) is 0.906. The van der Waals surface area contributed by atoms with E-state index in [2.05, 4.69) is 11.9 Å². The number of anilines is 1. The standard InChI is InChI=1S/C15H15ClN2O2/c1-3-9-4-6-10(7-5-9)13-8(2)12(17)11(16)14(18-13)15(19)20/h4-7H,3H2,1-2H3,(H2,17,18)(H,19,20). The molecule has 104 valence electrons. The van der Waals surface area contributed by atoms with Crippen LogP contribution in [0.25, 0.3) is 11.3 Å². The zero-order chi connectivity index (χ0) is 14.9. The van der Waals surface area contributed by atoms with Crippen LogP contribution in [0.5, 0.6) is 0 Å². The fraction of sp³-hybridized carbons (Fsp3) is 0.200. The molecule has 1 aromatic heterocycles. The highest BCUT2D eigenvalue weighted by molar-refractivity contribution is 6.36. The van der Waals surface area contributed by atoms with Crippen LogP contribution < -0.4 is 5.73 Å². The number of carboxylic acids is 1. The molecule has 0 atom stereocenters. The van der Waals surface area contributed by atoms with Crippen molar-refractivity contribution < 1.29 is 9.90 Å². The van der Waals surface area contributed by atoms with Crippen molar-refractivity contribution in [2.24, 2.45) is 0 Å². The number of halogens is 1. The first-order valence-corrected chi connectivity index (χ1v) is 6.61. The molecule has 0 unspecified atom stereocenters. The second kappa shape index (κ2) is 5.51. The number of benzene rings is 1. The highest BCUT2D eigenvalue weighted by Gasteiger charge is 2.19. The van der Waals surface area contributed by atoms with E-state index >= 15 is 0 Å². The lowest BCUT2D eigenvalue weighted by Crippen LogP contribution is -2.07. The molecule has 3 N–H and O–H groups in total. The smallest absolute Gasteiger partial charge is 0.356 e. The number of carboxylic acid groups (broad SMARTS) is 1. The number of nitrogen functional groups attached to an aromatic ring is 1. The van der Waals surface area contributed by atoms with Gasteiger partial charge in [0, 0.05) is 5.56 Å². The highest BCUT2D eigenvalue weighted by atomic mass is 35.5. The topological polar surface area (TPSA) is 76.2 Å². The lowest BCUT2D eigenvalue weighted by atomic mass is 10.0. The van der Waals surface area contributed by atoms with E-state index in [4.69, 9.17) is 22.4 Å². The Morgan fingerprint density at radius 2 is 1.95 bits per heavy atom. The maximum absolute atomic E-state index is 11.2. The van der Waals surface area contributed by atoms with Crippen LogP contribution in [0.1, 0.15) is 28.5 Å². The summed E-state index contributed by atoms with van der Waals surface area (Å²) in [6.45, 7) is 3.85. The third-order valence-electron chi connectivity index (χ3n) is 3.27. The Balaban J connectivity index is 2.63. The number of aromatic carboxylic acids is 1. The number of rotatable bonds is 3. The van der Waals surface area contributed by atoms with Gasteiger partial charge in [0.1, 0.15) is 0 Å². The minimum atomic E-state index is -1.19. The van der Waals surface area contributed by atoms with Gasteiger partial charge in [0.25, 0.3) is 0 Å². The second-order valence-electron chi connectivity index (χ2n) is 4.52. The number of pyridine rings is 1. The minimum absolute atomic E-state index is 0.0103. The predicted octanol–water partition coefficient (Wildman–Crippen LogP) is 3.55. The van der Waals surface area contributed by atoms with Gasteiger partial charge < -0.3 is 10.8 Å². The first-order valence-electron chi connectivity index (χ1n) is 6.23. The van der Waals surface area contributed by atoms with E-state index in [1.165, 1.54) is 5.56 Å². The fourth-order valence-electron chi connectivity index (χ4n) is 1.99. The largest absolute Gasteiger partial charge is 0.476 e. The second-order valence-corrected chi connectivity index (χ2v) is 4.90. The number of aryl methyl sites for hydroxylation is 1. The minimum Gasteiger partial charge on any atom is -0.476 e. The van der Waals surface area contributed by atoms with E-state index in [0.717, 1.165) is 12.0 Å². The molecule has 2 rings (SSSR count). The monoisotopic (exact) mass is 290 g/mol. The average Bonchev–Trinajstić information content (AvgIpc) is 2.45. The van der Waals surface area contributed by atoms with Gasteiger partial charge >= 0.3 is 5.97 Å². The number of carbonyl (C=O) groups is 1. The van der Waals surface area contributed by atoms with E-state index in [9.17, 15) is 4.79 Å². The Hall–Kier alpha value is -2.07. The summed E-state index contributed by atoms with van der Waals surface area (Å²) in [5.41, 5.74) is 9.18. The first-order chi connectivity index (χ1) is 9.45. The molecule has 1 heterocycles. The van der Waals surface area contributed by atoms with Crippen molar-refractivity contribution in [3.05, 3.63) is 46.1 Å². The molecule has 0 saturated carbocycles. The average molecular weight is 291 g/mol. The maximum Gasteiger partial charge on any atom is 0.356 e. The maximum atomic E-state index is 11.2. The molecule has 0 radical (unpaired) electrons. The van der Waals surface area contributed by atoms with Crippen molar-refractivity contribution in [2.45, 2.75) is 20.3 Å².